The standard InChI is InChI=1S/C11H23NO2S2/c1-9(2)12-7-5-11(16(12,13)14)6-8-15-10(3)4/h9-11H,5-8H2,1-4H3. The quantitative estimate of drug-likeness (QED) is 0.765. The Morgan fingerprint density at radius 2 is 1.94 bits per heavy atom. The van der Waals surface area contributed by atoms with Gasteiger partial charge in [0, 0.05) is 12.6 Å². The van der Waals surface area contributed by atoms with E-state index in [9.17, 15) is 8.42 Å². The van der Waals surface area contributed by atoms with Gasteiger partial charge < -0.3 is 0 Å². The van der Waals surface area contributed by atoms with Gasteiger partial charge in [0.1, 0.15) is 0 Å². The van der Waals surface area contributed by atoms with Gasteiger partial charge in [-0.25, -0.2) is 8.42 Å². The van der Waals surface area contributed by atoms with E-state index in [1.807, 2.05) is 25.6 Å². The molecule has 16 heavy (non-hydrogen) atoms. The van der Waals surface area contributed by atoms with Crippen molar-refractivity contribution in [1.82, 2.24) is 4.31 Å². The van der Waals surface area contributed by atoms with Crippen molar-refractivity contribution < 1.29 is 8.42 Å². The zero-order valence-electron chi connectivity index (χ0n) is 10.6. The maximum Gasteiger partial charge on any atom is 0.217 e. The van der Waals surface area contributed by atoms with Gasteiger partial charge in [-0.15, -0.1) is 0 Å². The van der Waals surface area contributed by atoms with Gasteiger partial charge >= 0.3 is 0 Å². The lowest BCUT2D eigenvalue weighted by Crippen LogP contribution is -2.35. The molecule has 1 saturated heterocycles. The predicted molar refractivity (Wildman–Crippen MR) is 71.4 cm³/mol. The lowest BCUT2D eigenvalue weighted by molar-refractivity contribution is 0.381. The summed E-state index contributed by atoms with van der Waals surface area (Å²) in [6.07, 6.45) is 1.60. The van der Waals surface area contributed by atoms with Crippen molar-refractivity contribution in [2.75, 3.05) is 12.3 Å². The maximum atomic E-state index is 12.1. The summed E-state index contributed by atoms with van der Waals surface area (Å²) in [4.78, 5) is 0. The molecule has 0 aromatic carbocycles. The van der Waals surface area contributed by atoms with Crippen molar-refractivity contribution in [3.63, 3.8) is 0 Å². The van der Waals surface area contributed by atoms with Gasteiger partial charge in [0.05, 0.1) is 5.25 Å². The van der Waals surface area contributed by atoms with Crippen LogP contribution in [0.15, 0.2) is 0 Å². The Labute approximate surface area is 104 Å². The number of nitrogens with zero attached hydrogens (tertiary/aromatic N) is 1. The highest BCUT2D eigenvalue weighted by Gasteiger charge is 2.39. The third kappa shape index (κ3) is 3.37. The summed E-state index contributed by atoms with van der Waals surface area (Å²) in [7, 11) is -3.01. The highest BCUT2D eigenvalue weighted by molar-refractivity contribution is 7.99. The van der Waals surface area contributed by atoms with Crippen LogP contribution in [0, 0.1) is 0 Å². The molecule has 1 aliphatic rings. The fraction of sp³-hybridized carbons (Fsp3) is 1.00. The smallest absolute Gasteiger partial charge is 0.212 e. The maximum absolute atomic E-state index is 12.1. The number of sulfonamides is 1. The van der Waals surface area contributed by atoms with Crippen molar-refractivity contribution in [3.8, 4) is 0 Å². The topological polar surface area (TPSA) is 37.4 Å². The summed E-state index contributed by atoms with van der Waals surface area (Å²) in [5.74, 6) is 0.952. The average molecular weight is 265 g/mol. The second kappa shape index (κ2) is 5.74. The first kappa shape index (κ1) is 14.3. The van der Waals surface area contributed by atoms with E-state index in [1.165, 1.54) is 0 Å². The van der Waals surface area contributed by atoms with Gasteiger partial charge in [-0.3, -0.25) is 0 Å². The van der Waals surface area contributed by atoms with Crippen LogP contribution >= 0.6 is 11.8 Å². The minimum Gasteiger partial charge on any atom is -0.212 e. The Bertz CT molecular complexity index is 312. The zero-order chi connectivity index (χ0) is 12.3. The summed E-state index contributed by atoms with van der Waals surface area (Å²) in [5.41, 5.74) is 0. The Morgan fingerprint density at radius 3 is 2.38 bits per heavy atom. The van der Waals surface area contributed by atoms with Gasteiger partial charge in [0.25, 0.3) is 0 Å². The molecule has 5 heteroatoms. The molecule has 0 aromatic heterocycles. The molecule has 0 spiro atoms. The van der Waals surface area contributed by atoms with Crippen LogP contribution in [0.4, 0.5) is 0 Å². The summed E-state index contributed by atoms with van der Waals surface area (Å²) in [5, 5.41) is 0.450. The molecule has 1 aliphatic heterocycles. The molecule has 3 nitrogen and oxygen atoms in total. The van der Waals surface area contributed by atoms with Gasteiger partial charge in [-0.05, 0) is 37.7 Å². The first-order chi connectivity index (χ1) is 7.35. The molecule has 0 saturated carbocycles. The van der Waals surface area contributed by atoms with Crippen LogP contribution in [-0.4, -0.2) is 41.6 Å². The minimum absolute atomic E-state index is 0.104. The van der Waals surface area contributed by atoms with Crippen molar-refractivity contribution in [3.05, 3.63) is 0 Å². The van der Waals surface area contributed by atoms with Crippen LogP contribution in [0.5, 0.6) is 0 Å². The fourth-order valence-corrected chi connectivity index (χ4v) is 5.21. The number of hydrogen-bond donors (Lipinski definition) is 0. The van der Waals surface area contributed by atoms with E-state index in [0.29, 0.717) is 11.8 Å². The molecule has 0 amide bonds. The number of hydrogen-bond acceptors (Lipinski definition) is 3. The van der Waals surface area contributed by atoms with Crippen molar-refractivity contribution in [2.45, 2.75) is 57.1 Å². The van der Waals surface area contributed by atoms with Crippen molar-refractivity contribution in [1.29, 1.82) is 0 Å². The highest BCUT2D eigenvalue weighted by atomic mass is 32.2. The van der Waals surface area contributed by atoms with E-state index in [-0.39, 0.29) is 11.3 Å². The Morgan fingerprint density at radius 1 is 1.31 bits per heavy atom. The second-order valence-electron chi connectivity index (χ2n) is 4.87. The Kier molecular flexibility index (Phi) is 5.13. The van der Waals surface area contributed by atoms with Crippen LogP contribution in [-0.2, 0) is 10.0 Å². The molecular weight excluding hydrogens is 242 g/mol. The molecule has 1 fully saturated rings. The third-order valence-electron chi connectivity index (χ3n) is 2.89. The van der Waals surface area contributed by atoms with Crippen molar-refractivity contribution in [2.24, 2.45) is 0 Å². The minimum atomic E-state index is -3.01. The van der Waals surface area contributed by atoms with Crippen LogP contribution in [0.3, 0.4) is 0 Å². The van der Waals surface area contributed by atoms with E-state index in [4.69, 9.17) is 0 Å². The Hall–Kier alpha value is 0.260. The second-order valence-corrected chi connectivity index (χ2v) is 8.72. The van der Waals surface area contributed by atoms with E-state index in [0.717, 1.165) is 18.6 Å². The summed E-state index contributed by atoms with van der Waals surface area (Å²) >= 11 is 1.85. The van der Waals surface area contributed by atoms with Crippen LogP contribution in [0.2, 0.25) is 0 Å². The predicted octanol–water partition coefficient (Wildman–Crippen LogP) is 2.33. The molecule has 1 atom stereocenters. The molecule has 0 N–H and O–H groups in total. The molecular formula is C11H23NO2S2. The molecule has 1 unspecified atom stereocenters. The van der Waals surface area contributed by atoms with E-state index < -0.39 is 10.0 Å². The normalized spacial score (nSPS) is 25.8. The molecule has 1 rings (SSSR count). The SMILES string of the molecule is CC(C)SCCC1CCN(C(C)C)S1(=O)=O. The van der Waals surface area contributed by atoms with Crippen LogP contribution in [0.25, 0.3) is 0 Å². The molecule has 0 aliphatic carbocycles. The fourth-order valence-electron chi connectivity index (χ4n) is 2.02. The molecule has 0 bridgehead atoms. The first-order valence-corrected chi connectivity index (χ1v) is 8.53. The molecule has 0 aromatic rings. The highest BCUT2D eigenvalue weighted by Crippen LogP contribution is 2.27. The van der Waals surface area contributed by atoms with E-state index in [2.05, 4.69) is 13.8 Å². The van der Waals surface area contributed by atoms with Crippen LogP contribution in [0.1, 0.15) is 40.5 Å². The average Bonchev–Trinajstić information content (AvgIpc) is 2.41. The zero-order valence-corrected chi connectivity index (χ0v) is 12.3. The molecule has 0 radical (unpaired) electrons. The lowest BCUT2D eigenvalue weighted by Gasteiger charge is -2.20. The molecule has 96 valence electrons. The van der Waals surface area contributed by atoms with Gasteiger partial charge in [0.15, 0.2) is 0 Å². The summed E-state index contributed by atoms with van der Waals surface area (Å²) in [6.45, 7) is 8.89. The largest absolute Gasteiger partial charge is 0.217 e. The van der Waals surface area contributed by atoms with Crippen molar-refractivity contribution >= 4 is 21.8 Å². The monoisotopic (exact) mass is 265 g/mol. The lowest BCUT2D eigenvalue weighted by atomic mass is 10.2. The van der Waals surface area contributed by atoms with Gasteiger partial charge in [0.2, 0.25) is 10.0 Å². The Balaban J connectivity index is 2.52. The molecule has 1 heterocycles. The summed E-state index contributed by atoms with van der Waals surface area (Å²) in [6, 6.07) is 0.104. The third-order valence-corrected chi connectivity index (χ3v) is 6.60. The first-order valence-electron chi connectivity index (χ1n) is 5.98. The number of thioether (sulfide) groups is 1. The van der Waals surface area contributed by atoms with Crippen LogP contribution < -0.4 is 0 Å². The van der Waals surface area contributed by atoms with E-state index >= 15 is 0 Å². The van der Waals surface area contributed by atoms with E-state index in [1.54, 1.807) is 4.31 Å². The van der Waals surface area contributed by atoms with Gasteiger partial charge in [-0.1, -0.05) is 13.8 Å². The number of rotatable bonds is 5. The van der Waals surface area contributed by atoms with Gasteiger partial charge in [-0.2, -0.15) is 16.1 Å². The summed E-state index contributed by atoms with van der Waals surface area (Å²) < 4.78 is 25.9.